The first kappa shape index (κ1) is 17.9. The molecule has 1 heterocycles. The molecule has 0 aliphatic heterocycles. The molecule has 0 amide bonds. The molecule has 0 saturated heterocycles. The molecule has 0 atom stereocenters. The zero-order valence-electron chi connectivity index (χ0n) is 14.9. The number of nitrogens with zero attached hydrogens (tertiary/aromatic N) is 3. The van der Waals surface area contributed by atoms with Crippen molar-refractivity contribution in [3.8, 4) is 11.5 Å². The summed E-state index contributed by atoms with van der Waals surface area (Å²) in [5.74, 6) is 2.18. The van der Waals surface area contributed by atoms with Gasteiger partial charge >= 0.3 is 0 Å². The lowest BCUT2D eigenvalue weighted by Gasteiger charge is -2.07. The van der Waals surface area contributed by atoms with Crippen molar-refractivity contribution in [2.75, 3.05) is 7.11 Å². The van der Waals surface area contributed by atoms with Crippen LogP contribution in [-0.2, 0) is 6.61 Å². The lowest BCUT2D eigenvalue weighted by Crippen LogP contribution is -2.04. The van der Waals surface area contributed by atoms with E-state index in [1.165, 1.54) is 11.1 Å². The second kappa shape index (κ2) is 7.97. The highest BCUT2D eigenvalue weighted by Gasteiger charge is 2.07. The lowest BCUT2D eigenvalue weighted by atomic mass is 10.1. The first-order valence-corrected chi connectivity index (χ1v) is 8.52. The van der Waals surface area contributed by atoms with Gasteiger partial charge in [-0.2, -0.15) is 14.9 Å². The number of rotatable bonds is 6. The number of hydrogen-bond acceptors (Lipinski definition) is 5. The Hall–Kier alpha value is -2.93. The Morgan fingerprint density at radius 1 is 1.12 bits per heavy atom. The van der Waals surface area contributed by atoms with Gasteiger partial charge < -0.3 is 9.47 Å². The molecule has 0 unspecified atom stereocenters. The van der Waals surface area contributed by atoms with Crippen molar-refractivity contribution in [2.45, 2.75) is 20.5 Å². The molecule has 1 N–H and O–H groups in total. The molecular weight excluding hydrogens is 348 g/mol. The van der Waals surface area contributed by atoms with Crippen LogP contribution in [0.5, 0.6) is 11.5 Å². The molecule has 6 nitrogen and oxygen atoms in total. The minimum Gasteiger partial charge on any atom is -0.497 e. The molecule has 0 spiro atoms. The molecule has 134 valence electrons. The standard InChI is InChI=1S/C19H20N4O2S/c1-13-4-7-17(10-14(13)2)25-12-18-21-22-19(26)23(18)20-11-15-5-8-16(24-3)9-6-15/h4-11H,12H2,1-3H3,(H,22,26)/b20-11+. The third-order valence-electron chi connectivity index (χ3n) is 4.00. The highest BCUT2D eigenvalue weighted by molar-refractivity contribution is 7.71. The molecule has 2 aromatic carbocycles. The Kier molecular flexibility index (Phi) is 5.48. The summed E-state index contributed by atoms with van der Waals surface area (Å²) in [6.45, 7) is 4.38. The van der Waals surface area contributed by atoms with Crippen molar-refractivity contribution in [1.29, 1.82) is 0 Å². The Balaban J connectivity index is 1.74. The van der Waals surface area contributed by atoms with Crippen molar-refractivity contribution < 1.29 is 9.47 Å². The van der Waals surface area contributed by atoms with Crippen LogP contribution in [0, 0.1) is 18.6 Å². The van der Waals surface area contributed by atoms with Gasteiger partial charge in [-0.1, -0.05) is 6.07 Å². The molecule has 0 saturated carbocycles. The van der Waals surface area contributed by atoms with Gasteiger partial charge in [0.2, 0.25) is 4.77 Å². The largest absolute Gasteiger partial charge is 0.497 e. The molecule has 7 heteroatoms. The molecule has 0 radical (unpaired) electrons. The number of methoxy groups -OCH3 is 1. The van der Waals surface area contributed by atoms with E-state index < -0.39 is 0 Å². The van der Waals surface area contributed by atoms with E-state index in [1.54, 1.807) is 18.0 Å². The number of H-pyrrole nitrogens is 1. The van der Waals surface area contributed by atoms with Crippen LogP contribution in [0.2, 0.25) is 0 Å². The normalized spacial score (nSPS) is 11.0. The molecule has 0 fully saturated rings. The number of benzene rings is 2. The van der Waals surface area contributed by atoms with Crippen LogP contribution in [0.1, 0.15) is 22.5 Å². The molecule has 0 bridgehead atoms. The van der Waals surface area contributed by atoms with Gasteiger partial charge in [-0.3, -0.25) is 0 Å². The van der Waals surface area contributed by atoms with Crippen molar-refractivity contribution in [1.82, 2.24) is 14.9 Å². The van der Waals surface area contributed by atoms with E-state index in [4.69, 9.17) is 21.7 Å². The summed E-state index contributed by atoms with van der Waals surface area (Å²) in [6.07, 6.45) is 1.71. The highest BCUT2D eigenvalue weighted by Crippen LogP contribution is 2.17. The van der Waals surface area contributed by atoms with Crippen molar-refractivity contribution in [3.63, 3.8) is 0 Å². The third-order valence-corrected chi connectivity index (χ3v) is 4.27. The van der Waals surface area contributed by atoms with Gasteiger partial charge in [0, 0.05) is 0 Å². The number of nitrogens with one attached hydrogen (secondary N) is 1. The summed E-state index contributed by atoms with van der Waals surface area (Å²) in [7, 11) is 1.63. The monoisotopic (exact) mass is 368 g/mol. The van der Waals surface area contributed by atoms with Crippen LogP contribution in [0.15, 0.2) is 47.6 Å². The molecule has 0 aliphatic carbocycles. The average Bonchev–Trinajstić information content (AvgIpc) is 3.01. The predicted molar refractivity (Wildman–Crippen MR) is 104 cm³/mol. The van der Waals surface area contributed by atoms with Crippen LogP contribution >= 0.6 is 12.2 Å². The summed E-state index contributed by atoms with van der Waals surface area (Å²) >= 11 is 5.25. The first-order valence-electron chi connectivity index (χ1n) is 8.11. The van der Waals surface area contributed by atoms with E-state index in [2.05, 4.69) is 29.1 Å². The van der Waals surface area contributed by atoms with E-state index in [1.807, 2.05) is 42.5 Å². The molecule has 1 aromatic heterocycles. The van der Waals surface area contributed by atoms with E-state index >= 15 is 0 Å². The Labute approximate surface area is 157 Å². The van der Waals surface area contributed by atoms with Crippen LogP contribution in [-0.4, -0.2) is 28.2 Å². The van der Waals surface area contributed by atoms with E-state index in [0.29, 0.717) is 10.6 Å². The van der Waals surface area contributed by atoms with Gasteiger partial charge in [-0.05, 0) is 79.2 Å². The SMILES string of the molecule is COc1ccc(/C=N/n2c(COc3ccc(C)c(C)c3)n[nH]c2=S)cc1. The third kappa shape index (κ3) is 4.18. The summed E-state index contributed by atoms with van der Waals surface area (Å²) in [4.78, 5) is 0. The quantitative estimate of drug-likeness (QED) is 0.527. The number of hydrogen-bond donors (Lipinski definition) is 1. The fourth-order valence-corrected chi connectivity index (χ4v) is 2.50. The van der Waals surface area contributed by atoms with Crippen LogP contribution in [0.4, 0.5) is 0 Å². The smallest absolute Gasteiger partial charge is 0.216 e. The minimum absolute atomic E-state index is 0.260. The molecular formula is C19H20N4O2S. The molecule has 26 heavy (non-hydrogen) atoms. The summed E-state index contributed by atoms with van der Waals surface area (Å²) in [6, 6.07) is 13.5. The number of aromatic amines is 1. The average molecular weight is 368 g/mol. The highest BCUT2D eigenvalue weighted by atomic mass is 32.1. The molecule has 3 aromatic rings. The fourth-order valence-electron chi connectivity index (χ4n) is 2.30. The van der Waals surface area contributed by atoms with Gasteiger partial charge in [0.1, 0.15) is 18.1 Å². The number of aromatic nitrogens is 3. The summed E-state index contributed by atoms with van der Waals surface area (Å²) < 4.78 is 12.9. The van der Waals surface area contributed by atoms with Crippen LogP contribution in [0.3, 0.4) is 0 Å². The zero-order valence-corrected chi connectivity index (χ0v) is 15.7. The van der Waals surface area contributed by atoms with E-state index in [9.17, 15) is 0 Å². The summed E-state index contributed by atoms with van der Waals surface area (Å²) in [5, 5.41) is 11.4. The van der Waals surface area contributed by atoms with Crippen molar-refractivity contribution in [2.24, 2.45) is 5.10 Å². The Morgan fingerprint density at radius 2 is 1.85 bits per heavy atom. The van der Waals surface area contributed by atoms with Crippen LogP contribution < -0.4 is 9.47 Å². The number of ether oxygens (including phenoxy) is 2. The van der Waals surface area contributed by atoms with Gasteiger partial charge in [0.25, 0.3) is 0 Å². The second-order valence-electron chi connectivity index (χ2n) is 5.81. The maximum atomic E-state index is 5.82. The Morgan fingerprint density at radius 3 is 2.54 bits per heavy atom. The van der Waals surface area contributed by atoms with Crippen LogP contribution in [0.25, 0.3) is 0 Å². The predicted octanol–water partition coefficient (Wildman–Crippen LogP) is 4.03. The number of aryl methyl sites for hydroxylation is 2. The molecule has 0 aliphatic rings. The minimum atomic E-state index is 0.260. The maximum Gasteiger partial charge on any atom is 0.216 e. The van der Waals surface area contributed by atoms with Gasteiger partial charge in [-0.25, -0.2) is 5.10 Å². The topological polar surface area (TPSA) is 64.4 Å². The van der Waals surface area contributed by atoms with Crippen molar-refractivity contribution >= 4 is 18.4 Å². The van der Waals surface area contributed by atoms with E-state index in [-0.39, 0.29) is 6.61 Å². The van der Waals surface area contributed by atoms with Gasteiger partial charge in [-0.15, -0.1) is 0 Å². The van der Waals surface area contributed by atoms with Crippen molar-refractivity contribution in [3.05, 3.63) is 69.8 Å². The zero-order chi connectivity index (χ0) is 18.5. The van der Waals surface area contributed by atoms with Gasteiger partial charge in [0.15, 0.2) is 5.82 Å². The maximum absolute atomic E-state index is 5.82. The summed E-state index contributed by atoms with van der Waals surface area (Å²) in [5.41, 5.74) is 3.33. The van der Waals surface area contributed by atoms with E-state index in [0.717, 1.165) is 17.1 Å². The van der Waals surface area contributed by atoms with Gasteiger partial charge in [0.05, 0.1) is 13.3 Å². The second-order valence-corrected chi connectivity index (χ2v) is 6.20. The fraction of sp³-hybridized carbons (Fsp3) is 0.211. The first-order chi connectivity index (χ1) is 12.6. The lowest BCUT2D eigenvalue weighted by molar-refractivity contribution is 0.290. The Bertz CT molecular complexity index is 974. The molecule has 3 rings (SSSR count).